The highest BCUT2D eigenvalue weighted by Gasteiger charge is 2.05. The number of fused-ring (bicyclic) bond motifs is 1. The quantitative estimate of drug-likeness (QED) is 0.686. The summed E-state index contributed by atoms with van der Waals surface area (Å²) in [6.45, 7) is 1.96. The highest BCUT2D eigenvalue weighted by molar-refractivity contribution is 5.93. The molecule has 2 aromatic carbocycles. The third kappa shape index (κ3) is 2.68. The number of phenols is 1. The van der Waals surface area contributed by atoms with Gasteiger partial charge in [0.1, 0.15) is 5.75 Å². The minimum absolute atomic E-state index is 0. The van der Waals surface area contributed by atoms with Gasteiger partial charge in [-0.2, -0.15) is 0 Å². The van der Waals surface area contributed by atoms with E-state index < -0.39 is 0 Å². The Morgan fingerprint density at radius 1 is 0.950 bits per heavy atom. The molecule has 0 atom stereocenters. The van der Waals surface area contributed by atoms with Gasteiger partial charge in [0.05, 0.1) is 11.2 Å². The Balaban J connectivity index is 0.00000147. The van der Waals surface area contributed by atoms with E-state index in [1.807, 2.05) is 49.4 Å². The number of phenolic OH excluding ortho intramolecular Hbond substituents is 1. The molecule has 3 rings (SSSR count). The maximum Gasteiger partial charge on any atom is 0.139 e. The van der Waals surface area contributed by atoms with Crippen LogP contribution in [0.3, 0.4) is 0 Å². The molecule has 0 saturated heterocycles. The molecule has 2 N–H and O–H groups in total. The number of pyridine rings is 1. The SMILES string of the molecule is Cc1cc(Nc2ccccc2O)c2ccccc2n1.Cl. The van der Waals surface area contributed by atoms with Crippen molar-refractivity contribution in [3.05, 3.63) is 60.3 Å². The van der Waals surface area contributed by atoms with Crippen LogP contribution in [-0.4, -0.2) is 10.1 Å². The summed E-state index contributed by atoms with van der Waals surface area (Å²) in [5, 5.41) is 14.1. The first-order valence-corrected chi connectivity index (χ1v) is 6.15. The number of anilines is 2. The first-order chi connectivity index (χ1) is 9.24. The van der Waals surface area contributed by atoms with Crippen LogP contribution >= 0.6 is 12.4 Å². The predicted molar refractivity (Wildman–Crippen MR) is 85.1 cm³/mol. The number of aromatic nitrogens is 1. The average molecular weight is 287 g/mol. The number of nitrogens with one attached hydrogen (secondary N) is 1. The van der Waals surface area contributed by atoms with Gasteiger partial charge in [-0.1, -0.05) is 30.3 Å². The maximum absolute atomic E-state index is 9.84. The first kappa shape index (κ1) is 14.2. The van der Waals surface area contributed by atoms with Crippen LogP contribution in [0.2, 0.25) is 0 Å². The van der Waals surface area contributed by atoms with Crippen LogP contribution in [0.1, 0.15) is 5.69 Å². The Kier molecular flexibility index (Phi) is 4.11. The topological polar surface area (TPSA) is 45.1 Å². The van der Waals surface area contributed by atoms with Crippen LogP contribution in [0.25, 0.3) is 10.9 Å². The van der Waals surface area contributed by atoms with E-state index in [1.165, 1.54) is 0 Å². The van der Waals surface area contributed by atoms with Gasteiger partial charge in [0.25, 0.3) is 0 Å². The Bertz CT molecular complexity index is 743. The smallest absolute Gasteiger partial charge is 0.139 e. The summed E-state index contributed by atoms with van der Waals surface area (Å²) in [4.78, 5) is 4.50. The van der Waals surface area contributed by atoms with Gasteiger partial charge in [-0.3, -0.25) is 4.98 Å². The zero-order chi connectivity index (χ0) is 13.2. The summed E-state index contributed by atoms with van der Waals surface area (Å²) in [5.41, 5.74) is 3.53. The van der Waals surface area contributed by atoms with E-state index in [0.29, 0.717) is 5.69 Å². The summed E-state index contributed by atoms with van der Waals surface area (Å²) in [7, 11) is 0. The molecule has 0 fully saturated rings. The fourth-order valence-corrected chi connectivity index (χ4v) is 2.14. The summed E-state index contributed by atoms with van der Waals surface area (Å²) in [6.07, 6.45) is 0. The van der Waals surface area contributed by atoms with Crippen molar-refractivity contribution in [3.8, 4) is 5.75 Å². The number of rotatable bonds is 2. The summed E-state index contributed by atoms with van der Waals surface area (Å²) >= 11 is 0. The lowest BCUT2D eigenvalue weighted by atomic mass is 10.1. The van der Waals surface area contributed by atoms with Crippen LogP contribution in [0.5, 0.6) is 5.75 Å². The largest absolute Gasteiger partial charge is 0.506 e. The zero-order valence-electron chi connectivity index (χ0n) is 11.0. The molecule has 20 heavy (non-hydrogen) atoms. The fourth-order valence-electron chi connectivity index (χ4n) is 2.14. The molecule has 0 unspecified atom stereocenters. The molecule has 4 heteroatoms. The Morgan fingerprint density at radius 3 is 2.45 bits per heavy atom. The van der Waals surface area contributed by atoms with E-state index >= 15 is 0 Å². The normalized spacial score (nSPS) is 10.1. The first-order valence-electron chi connectivity index (χ1n) is 6.15. The number of aromatic hydroxyl groups is 1. The monoisotopic (exact) mass is 286 g/mol. The molecule has 0 saturated carbocycles. The number of halogens is 1. The Morgan fingerprint density at radius 2 is 1.65 bits per heavy atom. The lowest BCUT2D eigenvalue weighted by Gasteiger charge is -2.11. The van der Waals surface area contributed by atoms with Crippen molar-refractivity contribution < 1.29 is 5.11 Å². The minimum Gasteiger partial charge on any atom is -0.506 e. The van der Waals surface area contributed by atoms with E-state index in [2.05, 4.69) is 10.3 Å². The minimum atomic E-state index is 0. The second-order valence-corrected chi connectivity index (χ2v) is 4.47. The molecule has 3 aromatic rings. The third-order valence-corrected chi connectivity index (χ3v) is 3.02. The number of para-hydroxylation sites is 3. The standard InChI is InChI=1S/C16H14N2O.ClH/c1-11-10-15(12-6-2-3-7-13(12)17-11)18-14-8-4-5-9-16(14)19;/h2-10,19H,1H3,(H,17,18);1H. The van der Waals surface area contributed by atoms with Crippen LogP contribution in [0.4, 0.5) is 11.4 Å². The van der Waals surface area contributed by atoms with Crippen molar-refractivity contribution in [3.63, 3.8) is 0 Å². The van der Waals surface area contributed by atoms with Crippen LogP contribution in [0, 0.1) is 6.92 Å². The zero-order valence-corrected chi connectivity index (χ0v) is 11.8. The van der Waals surface area contributed by atoms with Gasteiger partial charge in [0, 0.05) is 16.8 Å². The van der Waals surface area contributed by atoms with Gasteiger partial charge in [-0.05, 0) is 31.2 Å². The van der Waals surface area contributed by atoms with Gasteiger partial charge in [0.15, 0.2) is 0 Å². The molecule has 0 aliphatic carbocycles. The molecule has 0 radical (unpaired) electrons. The number of nitrogens with zero attached hydrogens (tertiary/aromatic N) is 1. The van der Waals surface area contributed by atoms with Gasteiger partial charge in [-0.25, -0.2) is 0 Å². The van der Waals surface area contributed by atoms with Crippen molar-refractivity contribution in [1.82, 2.24) is 4.98 Å². The molecular weight excluding hydrogens is 272 g/mol. The molecular formula is C16H15ClN2O. The third-order valence-electron chi connectivity index (χ3n) is 3.02. The highest BCUT2D eigenvalue weighted by Crippen LogP contribution is 2.30. The van der Waals surface area contributed by atoms with E-state index in [-0.39, 0.29) is 18.2 Å². The summed E-state index contributed by atoms with van der Waals surface area (Å²) in [5.74, 6) is 0.237. The van der Waals surface area contributed by atoms with Crippen LogP contribution in [0.15, 0.2) is 54.6 Å². The van der Waals surface area contributed by atoms with Crippen molar-refractivity contribution in [2.75, 3.05) is 5.32 Å². The molecule has 0 aliphatic rings. The number of hydrogen-bond donors (Lipinski definition) is 2. The van der Waals surface area contributed by atoms with Crippen LogP contribution < -0.4 is 5.32 Å². The number of benzene rings is 2. The van der Waals surface area contributed by atoms with Gasteiger partial charge < -0.3 is 10.4 Å². The van der Waals surface area contributed by atoms with E-state index in [1.54, 1.807) is 12.1 Å². The molecule has 3 nitrogen and oxygen atoms in total. The molecule has 1 heterocycles. The van der Waals surface area contributed by atoms with E-state index in [4.69, 9.17) is 0 Å². The van der Waals surface area contributed by atoms with Gasteiger partial charge in [-0.15, -0.1) is 12.4 Å². The van der Waals surface area contributed by atoms with Crippen molar-refractivity contribution in [1.29, 1.82) is 0 Å². The summed E-state index contributed by atoms with van der Waals surface area (Å²) in [6, 6.07) is 17.1. The fraction of sp³-hybridized carbons (Fsp3) is 0.0625. The Labute approximate surface area is 123 Å². The molecule has 1 aromatic heterocycles. The van der Waals surface area contributed by atoms with E-state index in [0.717, 1.165) is 22.3 Å². The van der Waals surface area contributed by atoms with Gasteiger partial charge >= 0.3 is 0 Å². The van der Waals surface area contributed by atoms with Crippen LogP contribution in [-0.2, 0) is 0 Å². The molecule has 102 valence electrons. The highest BCUT2D eigenvalue weighted by atomic mass is 35.5. The second-order valence-electron chi connectivity index (χ2n) is 4.47. The molecule has 0 spiro atoms. The van der Waals surface area contributed by atoms with Crippen molar-refractivity contribution >= 4 is 34.7 Å². The predicted octanol–water partition coefficient (Wildman–Crippen LogP) is 4.41. The molecule has 0 amide bonds. The second kappa shape index (κ2) is 5.80. The number of hydrogen-bond acceptors (Lipinski definition) is 3. The lowest BCUT2D eigenvalue weighted by Crippen LogP contribution is -1.94. The maximum atomic E-state index is 9.84. The van der Waals surface area contributed by atoms with Crippen molar-refractivity contribution in [2.24, 2.45) is 0 Å². The Hall–Kier alpha value is -2.26. The molecule has 0 aliphatic heterocycles. The number of aryl methyl sites for hydroxylation is 1. The van der Waals surface area contributed by atoms with E-state index in [9.17, 15) is 5.11 Å². The van der Waals surface area contributed by atoms with Gasteiger partial charge in [0.2, 0.25) is 0 Å². The van der Waals surface area contributed by atoms with Crippen molar-refractivity contribution in [2.45, 2.75) is 6.92 Å². The molecule has 0 bridgehead atoms. The summed E-state index contributed by atoms with van der Waals surface area (Å²) < 4.78 is 0. The lowest BCUT2D eigenvalue weighted by molar-refractivity contribution is 0.478. The average Bonchev–Trinajstić information content (AvgIpc) is 2.41.